The maximum atomic E-state index is 12.7. The highest BCUT2D eigenvalue weighted by molar-refractivity contribution is 7.80. The highest BCUT2D eigenvalue weighted by Gasteiger charge is 2.32. The molecule has 0 aromatic heterocycles. The molecule has 1 fully saturated rings. The van der Waals surface area contributed by atoms with E-state index in [-0.39, 0.29) is 22.9 Å². The molecule has 5 heteroatoms. The van der Waals surface area contributed by atoms with E-state index in [9.17, 15) is 9.90 Å². The van der Waals surface area contributed by atoms with Gasteiger partial charge in [-0.3, -0.25) is 4.79 Å². The van der Waals surface area contributed by atoms with Gasteiger partial charge in [0.25, 0.3) is 0 Å². The molecule has 0 radical (unpaired) electrons. The predicted octanol–water partition coefficient (Wildman–Crippen LogP) is 1.36. The Morgan fingerprint density at radius 1 is 1.48 bits per heavy atom. The number of nitrogens with two attached hydrogens (primary N) is 1. The van der Waals surface area contributed by atoms with Crippen molar-refractivity contribution in [2.45, 2.75) is 25.9 Å². The zero-order chi connectivity index (χ0) is 15.4. The summed E-state index contributed by atoms with van der Waals surface area (Å²) in [4.78, 5) is 14.7. The molecule has 3 N–H and O–H groups in total. The van der Waals surface area contributed by atoms with Gasteiger partial charge in [-0.05, 0) is 24.3 Å². The van der Waals surface area contributed by atoms with Gasteiger partial charge in [0, 0.05) is 13.1 Å². The van der Waals surface area contributed by atoms with Crippen LogP contribution >= 0.6 is 12.2 Å². The summed E-state index contributed by atoms with van der Waals surface area (Å²) in [6.07, 6.45) is 0.816. The molecule has 21 heavy (non-hydrogen) atoms. The average molecular weight is 306 g/mol. The number of piperidine rings is 1. The van der Waals surface area contributed by atoms with Gasteiger partial charge in [0.1, 0.15) is 0 Å². The van der Waals surface area contributed by atoms with Crippen LogP contribution in [0.1, 0.15) is 18.9 Å². The van der Waals surface area contributed by atoms with Crippen molar-refractivity contribution >= 4 is 23.1 Å². The maximum absolute atomic E-state index is 12.7. The summed E-state index contributed by atoms with van der Waals surface area (Å²) in [5.74, 6) is -0.402. The van der Waals surface area contributed by atoms with E-state index < -0.39 is 5.92 Å². The molecule has 0 aliphatic carbocycles. The molecule has 2 rings (SSSR count). The minimum absolute atomic E-state index is 0.0231. The molecule has 4 nitrogen and oxygen atoms in total. The standard InChI is InChI=1S/C16H22N2O2S/c1-11-10-18(8-7-14(11)19)16(20)13(15(17)21)9-12-5-3-2-4-6-12/h2-6,11,13-14,19H,7-10H2,1H3,(H2,17,21). The van der Waals surface area contributed by atoms with E-state index in [1.165, 1.54) is 0 Å². The highest BCUT2D eigenvalue weighted by Crippen LogP contribution is 2.20. The molecule has 0 saturated carbocycles. The second-order valence-corrected chi connectivity index (χ2v) is 6.23. The molecule has 1 aliphatic heterocycles. The van der Waals surface area contributed by atoms with Gasteiger partial charge in [-0.1, -0.05) is 49.5 Å². The van der Waals surface area contributed by atoms with Crippen molar-refractivity contribution in [1.82, 2.24) is 4.90 Å². The molecule has 1 saturated heterocycles. The summed E-state index contributed by atoms with van der Waals surface area (Å²) in [5.41, 5.74) is 6.84. The third-order valence-corrected chi connectivity index (χ3v) is 4.38. The summed E-state index contributed by atoms with van der Waals surface area (Å²) in [5, 5.41) is 9.77. The van der Waals surface area contributed by atoms with Crippen molar-refractivity contribution in [3.63, 3.8) is 0 Å². The molecule has 1 aliphatic rings. The molecule has 0 bridgehead atoms. The fourth-order valence-corrected chi connectivity index (χ4v) is 2.90. The number of aliphatic hydroxyl groups is 1. The van der Waals surface area contributed by atoms with Crippen LogP contribution in [0.4, 0.5) is 0 Å². The molecule has 1 aromatic rings. The second-order valence-electron chi connectivity index (χ2n) is 5.76. The molecule has 3 unspecified atom stereocenters. The number of carbonyl (C=O) groups is 1. The Labute approximate surface area is 130 Å². The van der Waals surface area contributed by atoms with Gasteiger partial charge in [0.05, 0.1) is 17.0 Å². The molecule has 3 atom stereocenters. The third kappa shape index (κ3) is 4.02. The SMILES string of the molecule is CC1CN(C(=O)C(Cc2ccccc2)C(N)=S)CCC1O. The lowest BCUT2D eigenvalue weighted by molar-refractivity contribution is -0.136. The van der Waals surface area contributed by atoms with E-state index in [1.807, 2.05) is 37.3 Å². The van der Waals surface area contributed by atoms with Gasteiger partial charge >= 0.3 is 0 Å². The zero-order valence-electron chi connectivity index (χ0n) is 12.2. The Bertz CT molecular complexity index is 506. The van der Waals surface area contributed by atoms with Crippen molar-refractivity contribution in [2.75, 3.05) is 13.1 Å². The van der Waals surface area contributed by atoms with Crippen LogP contribution in [0.5, 0.6) is 0 Å². The topological polar surface area (TPSA) is 66.6 Å². The minimum atomic E-state index is -0.468. The molecule has 1 heterocycles. The van der Waals surface area contributed by atoms with Crippen molar-refractivity contribution in [1.29, 1.82) is 0 Å². The molecular formula is C16H22N2O2S. The van der Waals surface area contributed by atoms with Crippen LogP contribution in [0.2, 0.25) is 0 Å². The van der Waals surface area contributed by atoms with Crippen LogP contribution in [-0.4, -0.2) is 40.1 Å². The van der Waals surface area contributed by atoms with Crippen LogP contribution in [0.15, 0.2) is 30.3 Å². The number of carbonyl (C=O) groups excluding carboxylic acids is 1. The van der Waals surface area contributed by atoms with E-state index >= 15 is 0 Å². The van der Waals surface area contributed by atoms with Crippen molar-refractivity contribution in [2.24, 2.45) is 17.6 Å². The Morgan fingerprint density at radius 3 is 2.71 bits per heavy atom. The molecule has 114 valence electrons. The first-order valence-electron chi connectivity index (χ1n) is 7.29. The number of thiocarbonyl (C=S) groups is 1. The Balaban J connectivity index is 2.08. The number of benzene rings is 1. The van der Waals surface area contributed by atoms with E-state index in [4.69, 9.17) is 18.0 Å². The number of nitrogens with zero attached hydrogens (tertiary/aromatic N) is 1. The number of aliphatic hydroxyl groups excluding tert-OH is 1. The van der Waals surface area contributed by atoms with Gasteiger partial charge in [0.2, 0.25) is 5.91 Å². The Morgan fingerprint density at radius 2 is 2.14 bits per heavy atom. The second kappa shape index (κ2) is 7.00. The molecule has 1 aromatic carbocycles. The number of hydrogen-bond donors (Lipinski definition) is 2. The predicted molar refractivity (Wildman–Crippen MR) is 86.8 cm³/mol. The summed E-state index contributed by atoms with van der Waals surface area (Å²) in [7, 11) is 0. The lowest BCUT2D eigenvalue weighted by atomic mass is 9.93. The van der Waals surface area contributed by atoms with Crippen LogP contribution in [0, 0.1) is 11.8 Å². The summed E-state index contributed by atoms with van der Waals surface area (Å²) < 4.78 is 0. The van der Waals surface area contributed by atoms with Gasteiger partial charge in [0.15, 0.2) is 0 Å². The van der Waals surface area contributed by atoms with E-state index in [0.29, 0.717) is 25.9 Å². The summed E-state index contributed by atoms with van der Waals surface area (Å²) in [6, 6.07) is 9.77. The monoisotopic (exact) mass is 306 g/mol. The fraction of sp³-hybridized carbons (Fsp3) is 0.500. The van der Waals surface area contributed by atoms with Crippen molar-refractivity contribution < 1.29 is 9.90 Å². The van der Waals surface area contributed by atoms with Gasteiger partial charge < -0.3 is 15.7 Å². The Kier molecular flexibility index (Phi) is 5.31. The maximum Gasteiger partial charge on any atom is 0.232 e. The van der Waals surface area contributed by atoms with Crippen molar-refractivity contribution in [3.05, 3.63) is 35.9 Å². The third-order valence-electron chi connectivity index (χ3n) is 4.10. The number of hydrogen-bond acceptors (Lipinski definition) is 3. The summed E-state index contributed by atoms with van der Waals surface area (Å²) in [6.45, 7) is 3.09. The molecular weight excluding hydrogens is 284 g/mol. The first-order valence-corrected chi connectivity index (χ1v) is 7.70. The number of rotatable bonds is 4. The van der Waals surface area contributed by atoms with E-state index in [0.717, 1.165) is 5.56 Å². The molecule has 0 spiro atoms. The van der Waals surface area contributed by atoms with Gasteiger partial charge in [-0.25, -0.2) is 0 Å². The van der Waals surface area contributed by atoms with Gasteiger partial charge in [-0.2, -0.15) is 0 Å². The smallest absolute Gasteiger partial charge is 0.232 e. The number of likely N-dealkylation sites (tertiary alicyclic amines) is 1. The lowest BCUT2D eigenvalue weighted by Gasteiger charge is -2.36. The number of amides is 1. The average Bonchev–Trinajstić information content (AvgIpc) is 2.47. The van der Waals surface area contributed by atoms with Crippen LogP contribution < -0.4 is 5.73 Å². The summed E-state index contributed by atoms with van der Waals surface area (Å²) >= 11 is 5.10. The van der Waals surface area contributed by atoms with Gasteiger partial charge in [-0.15, -0.1) is 0 Å². The van der Waals surface area contributed by atoms with Crippen LogP contribution in [0.3, 0.4) is 0 Å². The normalized spacial score (nSPS) is 23.6. The molecule has 1 amide bonds. The zero-order valence-corrected chi connectivity index (χ0v) is 13.1. The van der Waals surface area contributed by atoms with E-state index in [2.05, 4.69) is 0 Å². The first kappa shape index (κ1) is 15.9. The van der Waals surface area contributed by atoms with Crippen LogP contribution in [-0.2, 0) is 11.2 Å². The largest absolute Gasteiger partial charge is 0.393 e. The quantitative estimate of drug-likeness (QED) is 0.824. The first-order chi connectivity index (χ1) is 9.99. The van der Waals surface area contributed by atoms with E-state index in [1.54, 1.807) is 4.90 Å². The Hall–Kier alpha value is -1.46. The highest BCUT2D eigenvalue weighted by atomic mass is 32.1. The minimum Gasteiger partial charge on any atom is -0.393 e. The van der Waals surface area contributed by atoms with Crippen molar-refractivity contribution in [3.8, 4) is 0 Å². The van der Waals surface area contributed by atoms with Crippen LogP contribution in [0.25, 0.3) is 0 Å². The lowest BCUT2D eigenvalue weighted by Crippen LogP contribution is -2.49. The fourth-order valence-electron chi connectivity index (χ4n) is 2.71.